The van der Waals surface area contributed by atoms with E-state index in [1.807, 2.05) is 0 Å². The third-order valence-electron chi connectivity index (χ3n) is 2.79. The Morgan fingerprint density at radius 2 is 1.38 bits per heavy atom. The van der Waals surface area contributed by atoms with Crippen LogP contribution in [0.15, 0.2) is 46.9 Å². The summed E-state index contributed by atoms with van der Waals surface area (Å²) in [5.74, 6) is 0.926. The molecule has 0 fully saturated rings. The van der Waals surface area contributed by atoms with Gasteiger partial charge >= 0.3 is 6.11 Å². The van der Waals surface area contributed by atoms with E-state index in [-0.39, 0.29) is 15.8 Å². The standard InChI is InChI=1S/C15H13BrF2O3/c1-19-10-3-5-11(6-4-10)21-15(17,18)13-9-12(20-2)7-8-14(13)16/h3-9H,1-2H3. The van der Waals surface area contributed by atoms with E-state index in [9.17, 15) is 8.78 Å². The number of rotatable bonds is 5. The zero-order chi connectivity index (χ0) is 15.5. The van der Waals surface area contributed by atoms with Gasteiger partial charge in [-0.05, 0) is 42.5 Å². The highest BCUT2D eigenvalue weighted by Crippen LogP contribution is 2.38. The molecule has 6 heteroatoms. The van der Waals surface area contributed by atoms with Gasteiger partial charge in [0.25, 0.3) is 0 Å². The number of halogens is 3. The zero-order valence-electron chi connectivity index (χ0n) is 11.4. The first-order valence-corrected chi connectivity index (χ1v) is 6.80. The molecule has 0 bridgehead atoms. The van der Waals surface area contributed by atoms with Crippen molar-refractivity contribution in [2.45, 2.75) is 6.11 Å². The molecule has 0 heterocycles. The molecular formula is C15H13BrF2O3. The molecule has 0 amide bonds. The monoisotopic (exact) mass is 358 g/mol. The predicted octanol–water partition coefficient (Wildman–Crippen LogP) is 4.59. The van der Waals surface area contributed by atoms with E-state index in [2.05, 4.69) is 15.9 Å². The van der Waals surface area contributed by atoms with E-state index >= 15 is 0 Å². The lowest BCUT2D eigenvalue weighted by molar-refractivity contribution is -0.186. The summed E-state index contributed by atoms with van der Waals surface area (Å²) >= 11 is 3.10. The van der Waals surface area contributed by atoms with Crippen LogP contribution in [0.25, 0.3) is 0 Å². The minimum Gasteiger partial charge on any atom is -0.497 e. The molecule has 0 aromatic heterocycles. The Hall–Kier alpha value is -1.82. The van der Waals surface area contributed by atoms with Crippen molar-refractivity contribution in [3.05, 3.63) is 52.5 Å². The fraction of sp³-hybridized carbons (Fsp3) is 0.200. The predicted molar refractivity (Wildman–Crippen MR) is 78.2 cm³/mol. The Morgan fingerprint density at radius 1 is 0.857 bits per heavy atom. The van der Waals surface area contributed by atoms with Crippen molar-refractivity contribution in [2.24, 2.45) is 0 Å². The summed E-state index contributed by atoms with van der Waals surface area (Å²) in [6.45, 7) is 0. The molecule has 0 N–H and O–H groups in total. The first-order chi connectivity index (χ1) is 9.96. The quantitative estimate of drug-likeness (QED) is 0.781. The molecule has 0 unspecified atom stereocenters. The van der Waals surface area contributed by atoms with E-state index in [1.165, 1.54) is 38.5 Å². The summed E-state index contributed by atoms with van der Waals surface area (Å²) in [6.07, 6.45) is -3.50. The molecule has 0 aliphatic rings. The lowest BCUT2D eigenvalue weighted by Gasteiger charge is -2.20. The van der Waals surface area contributed by atoms with Crippen LogP contribution in [0.1, 0.15) is 5.56 Å². The molecule has 3 nitrogen and oxygen atoms in total. The van der Waals surface area contributed by atoms with Crippen molar-refractivity contribution in [3.63, 3.8) is 0 Å². The molecule has 0 spiro atoms. The second-order valence-electron chi connectivity index (χ2n) is 4.14. The van der Waals surface area contributed by atoms with Crippen LogP contribution >= 0.6 is 15.9 Å². The number of methoxy groups -OCH3 is 2. The van der Waals surface area contributed by atoms with E-state index < -0.39 is 6.11 Å². The minimum atomic E-state index is -3.50. The molecule has 2 aromatic carbocycles. The van der Waals surface area contributed by atoms with Crippen molar-refractivity contribution in [3.8, 4) is 17.2 Å². The molecule has 0 atom stereocenters. The van der Waals surface area contributed by atoms with Gasteiger partial charge in [0.2, 0.25) is 0 Å². The van der Waals surface area contributed by atoms with E-state index in [0.717, 1.165) is 0 Å². The van der Waals surface area contributed by atoms with Gasteiger partial charge in [-0.3, -0.25) is 0 Å². The number of hydrogen-bond donors (Lipinski definition) is 0. The molecule has 0 aliphatic carbocycles. The smallest absolute Gasteiger partial charge is 0.427 e. The maximum absolute atomic E-state index is 14.3. The van der Waals surface area contributed by atoms with E-state index in [0.29, 0.717) is 11.5 Å². The summed E-state index contributed by atoms with van der Waals surface area (Å²) < 4.78 is 43.5. The maximum Gasteiger partial charge on any atom is 0.427 e. The van der Waals surface area contributed by atoms with Crippen molar-refractivity contribution >= 4 is 15.9 Å². The molecule has 112 valence electrons. The van der Waals surface area contributed by atoms with Gasteiger partial charge in [0.05, 0.1) is 19.8 Å². The molecular weight excluding hydrogens is 346 g/mol. The topological polar surface area (TPSA) is 27.7 Å². The SMILES string of the molecule is COc1ccc(OC(F)(F)c2cc(OC)ccc2Br)cc1. The van der Waals surface area contributed by atoms with Crippen molar-refractivity contribution < 1.29 is 23.0 Å². The summed E-state index contributed by atoms with van der Waals surface area (Å²) in [5.41, 5.74) is -0.308. The van der Waals surface area contributed by atoms with Crippen LogP contribution < -0.4 is 14.2 Å². The number of hydrogen-bond acceptors (Lipinski definition) is 3. The van der Waals surface area contributed by atoms with Gasteiger partial charge in [-0.25, -0.2) is 0 Å². The highest BCUT2D eigenvalue weighted by molar-refractivity contribution is 9.10. The molecule has 0 aliphatic heterocycles. The van der Waals surface area contributed by atoms with Gasteiger partial charge < -0.3 is 14.2 Å². The summed E-state index contributed by atoms with van der Waals surface area (Å²) in [6, 6.07) is 10.2. The van der Waals surface area contributed by atoms with Gasteiger partial charge in [-0.2, -0.15) is 8.78 Å². The van der Waals surface area contributed by atoms with Gasteiger partial charge in [0.1, 0.15) is 17.2 Å². The Kier molecular flexibility index (Phi) is 4.67. The minimum absolute atomic E-state index is 0.0375. The van der Waals surface area contributed by atoms with Crippen LogP contribution in [0.4, 0.5) is 8.78 Å². The average molecular weight is 359 g/mol. The van der Waals surface area contributed by atoms with Crippen molar-refractivity contribution in [1.82, 2.24) is 0 Å². The fourth-order valence-corrected chi connectivity index (χ4v) is 2.18. The van der Waals surface area contributed by atoms with Crippen LogP contribution in [-0.2, 0) is 6.11 Å². The first-order valence-electron chi connectivity index (χ1n) is 6.01. The number of alkyl halides is 2. The molecule has 0 saturated heterocycles. The molecule has 0 saturated carbocycles. The van der Waals surface area contributed by atoms with E-state index in [4.69, 9.17) is 14.2 Å². The largest absolute Gasteiger partial charge is 0.497 e. The van der Waals surface area contributed by atoms with Gasteiger partial charge in [-0.1, -0.05) is 15.9 Å². The zero-order valence-corrected chi connectivity index (χ0v) is 13.0. The number of ether oxygens (including phenoxy) is 3. The van der Waals surface area contributed by atoms with Gasteiger partial charge in [0, 0.05) is 4.47 Å². The molecule has 0 radical (unpaired) electrons. The van der Waals surface area contributed by atoms with Crippen LogP contribution in [0.3, 0.4) is 0 Å². The lowest BCUT2D eigenvalue weighted by atomic mass is 10.2. The molecule has 21 heavy (non-hydrogen) atoms. The van der Waals surface area contributed by atoms with Crippen LogP contribution in [0, 0.1) is 0 Å². The molecule has 2 rings (SSSR count). The first kappa shape index (κ1) is 15.6. The number of benzene rings is 2. The van der Waals surface area contributed by atoms with Crippen molar-refractivity contribution in [2.75, 3.05) is 14.2 Å². The highest BCUT2D eigenvalue weighted by Gasteiger charge is 2.37. The Labute approximate surface area is 129 Å². The summed E-state index contributed by atoms with van der Waals surface area (Å²) in [5, 5.41) is 0. The summed E-state index contributed by atoms with van der Waals surface area (Å²) in [7, 11) is 2.91. The molecule has 2 aromatic rings. The average Bonchev–Trinajstić information content (AvgIpc) is 2.48. The second-order valence-corrected chi connectivity index (χ2v) is 4.99. The third kappa shape index (κ3) is 3.64. The van der Waals surface area contributed by atoms with Crippen LogP contribution in [0.5, 0.6) is 17.2 Å². The Balaban J connectivity index is 2.28. The van der Waals surface area contributed by atoms with Gasteiger partial charge in [-0.15, -0.1) is 0 Å². The Morgan fingerprint density at radius 3 is 1.95 bits per heavy atom. The maximum atomic E-state index is 14.3. The van der Waals surface area contributed by atoms with Crippen LogP contribution in [-0.4, -0.2) is 14.2 Å². The van der Waals surface area contributed by atoms with Crippen LogP contribution in [0.2, 0.25) is 0 Å². The van der Waals surface area contributed by atoms with Gasteiger partial charge in [0.15, 0.2) is 0 Å². The second kappa shape index (κ2) is 6.30. The lowest BCUT2D eigenvalue weighted by Crippen LogP contribution is -2.22. The summed E-state index contributed by atoms with van der Waals surface area (Å²) in [4.78, 5) is 0. The van der Waals surface area contributed by atoms with E-state index in [1.54, 1.807) is 18.2 Å². The normalized spacial score (nSPS) is 11.1. The van der Waals surface area contributed by atoms with Crippen molar-refractivity contribution in [1.29, 1.82) is 0 Å². The highest BCUT2D eigenvalue weighted by atomic mass is 79.9. The fourth-order valence-electron chi connectivity index (χ4n) is 1.70. The Bertz CT molecular complexity index is 615. The third-order valence-corrected chi connectivity index (χ3v) is 3.48.